The highest BCUT2D eigenvalue weighted by atomic mass is 16.1. The van der Waals surface area contributed by atoms with Gasteiger partial charge >= 0.3 is 0 Å². The number of aryl methyl sites for hydroxylation is 1. The van der Waals surface area contributed by atoms with E-state index in [1.54, 1.807) is 0 Å². The van der Waals surface area contributed by atoms with Crippen LogP contribution in [-0.2, 0) is 24.2 Å². The Morgan fingerprint density at radius 3 is 2.40 bits per heavy atom. The van der Waals surface area contributed by atoms with Gasteiger partial charge in [-0.15, -0.1) is 0 Å². The molecule has 0 aliphatic carbocycles. The van der Waals surface area contributed by atoms with Crippen LogP contribution < -0.4 is 5.32 Å². The van der Waals surface area contributed by atoms with Crippen molar-refractivity contribution < 1.29 is 4.79 Å². The first-order valence-electron chi connectivity index (χ1n) is 12.5. The van der Waals surface area contributed by atoms with Crippen molar-refractivity contribution in [3.05, 3.63) is 114 Å². The van der Waals surface area contributed by atoms with E-state index >= 15 is 0 Å². The normalized spacial score (nSPS) is 11.2. The Kier molecular flexibility index (Phi) is 7.18. The average Bonchev–Trinajstić information content (AvgIpc) is 3.23. The van der Waals surface area contributed by atoms with Gasteiger partial charge in [0.1, 0.15) is 5.82 Å². The summed E-state index contributed by atoms with van der Waals surface area (Å²) in [6.45, 7) is 1.54. The van der Waals surface area contributed by atoms with Gasteiger partial charge in [-0.05, 0) is 52.9 Å². The summed E-state index contributed by atoms with van der Waals surface area (Å²) in [4.78, 5) is 17.1. The molecule has 0 fully saturated rings. The summed E-state index contributed by atoms with van der Waals surface area (Å²) in [5.74, 6) is 1.22. The second-order valence-corrected chi connectivity index (χ2v) is 9.11. The Morgan fingerprint density at radius 1 is 0.743 bits per heavy atom. The van der Waals surface area contributed by atoms with E-state index in [1.807, 2.05) is 30.3 Å². The fourth-order valence-corrected chi connectivity index (χ4v) is 4.67. The Hall–Kier alpha value is -3.92. The van der Waals surface area contributed by atoms with Crippen LogP contribution in [0.1, 0.15) is 36.2 Å². The third-order valence-electron chi connectivity index (χ3n) is 6.50. The van der Waals surface area contributed by atoms with Gasteiger partial charge in [-0.2, -0.15) is 0 Å². The molecular weight excluding hydrogens is 430 g/mol. The van der Waals surface area contributed by atoms with E-state index in [0.29, 0.717) is 6.42 Å². The number of para-hydroxylation sites is 2. The first-order valence-corrected chi connectivity index (χ1v) is 12.5. The Balaban J connectivity index is 1.18. The van der Waals surface area contributed by atoms with Crippen molar-refractivity contribution in [2.45, 2.75) is 38.6 Å². The molecule has 0 saturated carbocycles. The van der Waals surface area contributed by atoms with Crippen LogP contribution in [0.3, 0.4) is 0 Å². The van der Waals surface area contributed by atoms with Crippen LogP contribution in [-0.4, -0.2) is 22.0 Å². The molecule has 0 atom stereocenters. The maximum Gasteiger partial charge on any atom is 0.224 e. The molecule has 0 saturated heterocycles. The molecule has 0 bridgehead atoms. The molecule has 35 heavy (non-hydrogen) atoms. The predicted octanol–water partition coefficient (Wildman–Crippen LogP) is 6.31. The minimum absolute atomic E-state index is 0.0911. The number of aromatic nitrogens is 2. The number of carbonyl (C=O) groups excluding carboxylic acids is 1. The van der Waals surface area contributed by atoms with Gasteiger partial charge in [0.2, 0.25) is 5.91 Å². The second-order valence-electron chi connectivity index (χ2n) is 9.11. The van der Waals surface area contributed by atoms with E-state index in [4.69, 9.17) is 4.98 Å². The lowest BCUT2D eigenvalue weighted by atomic mass is 10.1. The third kappa shape index (κ3) is 5.78. The summed E-state index contributed by atoms with van der Waals surface area (Å²) in [6.07, 6.45) is 4.46. The summed E-state index contributed by atoms with van der Waals surface area (Å²) >= 11 is 0. The molecule has 0 unspecified atom stereocenters. The molecule has 1 aromatic heterocycles. The monoisotopic (exact) mass is 461 g/mol. The van der Waals surface area contributed by atoms with Gasteiger partial charge in [-0.1, -0.05) is 85.3 Å². The molecule has 5 rings (SSSR count). The Labute approximate surface area is 206 Å². The predicted molar refractivity (Wildman–Crippen MR) is 143 cm³/mol. The molecule has 4 heteroatoms. The molecule has 0 aliphatic rings. The number of unbranched alkanes of at least 4 members (excludes halogenated alkanes) is 2. The number of rotatable bonds is 10. The van der Waals surface area contributed by atoms with Crippen LogP contribution >= 0.6 is 0 Å². The van der Waals surface area contributed by atoms with Gasteiger partial charge < -0.3 is 9.88 Å². The van der Waals surface area contributed by atoms with Crippen LogP contribution in [0.2, 0.25) is 0 Å². The zero-order valence-corrected chi connectivity index (χ0v) is 20.0. The highest BCUT2D eigenvalue weighted by Gasteiger charge is 2.11. The summed E-state index contributed by atoms with van der Waals surface area (Å²) in [5, 5.41) is 5.59. The summed E-state index contributed by atoms with van der Waals surface area (Å²) in [5.41, 5.74) is 4.57. The van der Waals surface area contributed by atoms with Crippen LogP contribution in [0.5, 0.6) is 0 Å². The topological polar surface area (TPSA) is 46.9 Å². The Bertz CT molecular complexity index is 1420. The number of nitrogens with one attached hydrogen (secondary N) is 1. The van der Waals surface area contributed by atoms with E-state index in [-0.39, 0.29) is 5.91 Å². The number of carbonyl (C=O) groups is 1. The quantitative estimate of drug-likeness (QED) is 0.248. The highest BCUT2D eigenvalue weighted by molar-refractivity contribution is 5.83. The summed E-state index contributed by atoms with van der Waals surface area (Å²) in [6, 6.07) is 33.5. The van der Waals surface area contributed by atoms with Gasteiger partial charge in [0, 0.05) is 19.5 Å². The van der Waals surface area contributed by atoms with E-state index in [0.717, 1.165) is 55.7 Å². The number of benzene rings is 4. The summed E-state index contributed by atoms with van der Waals surface area (Å²) < 4.78 is 2.36. The molecule has 4 aromatic carbocycles. The molecule has 176 valence electrons. The maximum absolute atomic E-state index is 12.1. The van der Waals surface area contributed by atoms with E-state index < -0.39 is 0 Å². The van der Waals surface area contributed by atoms with Crippen LogP contribution in [0.15, 0.2) is 97.1 Å². The van der Waals surface area contributed by atoms with Crippen molar-refractivity contribution in [2.24, 2.45) is 0 Å². The first-order chi connectivity index (χ1) is 17.3. The smallest absolute Gasteiger partial charge is 0.224 e. The molecule has 0 spiro atoms. The molecule has 0 aliphatic heterocycles. The number of nitrogens with zero attached hydrogens (tertiary/aromatic N) is 2. The van der Waals surface area contributed by atoms with Crippen LogP contribution in [0.4, 0.5) is 0 Å². The molecule has 1 heterocycles. The molecule has 0 radical (unpaired) electrons. The zero-order chi connectivity index (χ0) is 23.9. The summed E-state index contributed by atoms with van der Waals surface area (Å²) in [7, 11) is 0. The molecule has 1 amide bonds. The number of imidazole rings is 1. The second kappa shape index (κ2) is 11.0. The minimum Gasteiger partial charge on any atom is -0.356 e. The maximum atomic E-state index is 12.1. The van der Waals surface area contributed by atoms with Crippen molar-refractivity contribution in [3.8, 4) is 0 Å². The van der Waals surface area contributed by atoms with Crippen LogP contribution in [0.25, 0.3) is 21.8 Å². The standard InChI is InChI=1S/C31H31N3O/c35-31(22-24-11-3-1-4-12-24)32-20-10-2-5-17-30-33-28-15-8-9-16-29(28)34(30)23-25-18-19-26-13-6-7-14-27(26)21-25/h1,3-4,6-9,11-16,18-19,21H,2,5,10,17,20,22-23H2,(H,32,35). The van der Waals surface area contributed by atoms with E-state index in [1.165, 1.54) is 21.9 Å². The SMILES string of the molecule is O=C(Cc1ccccc1)NCCCCCc1nc2ccccc2n1Cc1ccc2ccccc2c1. The largest absolute Gasteiger partial charge is 0.356 e. The van der Waals surface area contributed by atoms with Crippen molar-refractivity contribution in [1.82, 2.24) is 14.9 Å². The zero-order valence-electron chi connectivity index (χ0n) is 20.0. The minimum atomic E-state index is 0.0911. The van der Waals surface area contributed by atoms with Crippen molar-refractivity contribution in [3.63, 3.8) is 0 Å². The number of hydrogen-bond donors (Lipinski definition) is 1. The van der Waals surface area contributed by atoms with Crippen molar-refractivity contribution in [2.75, 3.05) is 6.54 Å². The van der Waals surface area contributed by atoms with Crippen molar-refractivity contribution >= 4 is 27.7 Å². The van der Waals surface area contributed by atoms with Crippen molar-refractivity contribution in [1.29, 1.82) is 0 Å². The number of amides is 1. The van der Waals surface area contributed by atoms with E-state index in [9.17, 15) is 4.79 Å². The van der Waals surface area contributed by atoms with Crippen LogP contribution in [0, 0.1) is 0 Å². The fraction of sp³-hybridized carbons (Fsp3) is 0.226. The number of hydrogen-bond acceptors (Lipinski definition) is 2. The third-order valence-corrected chi connectivity index (χ3v) is 6.50. The number of fused-ring (bicyclic) bond motifs is 2. The molecule has 1 N–H and O–H groups in total. The van der Waals surface area contributed by atoms with Gasteiger partial charge in [0.05, 0.1) is 17.5 Å². The average molecular weight is 462 g/mol. The van der Waals surface area contributed by atoms with Gasteiger partial charge in [-0.3, -0.25) is 4.79 Å². The van der Waals surface area contributed by atoms with Gasteiger partial charge in [0.15, 0.2) is 0 Å². The highest BCUT2D eigenvalue weighted by Crippen LogP contribution is 2.22. The van der Waals surface area contributed by atoms with E-state index in [2.05, 4.69) is 76.6 Å². The first kappa shape index (κ1) is 22.9. The Morgan fingerprint density at radius 2 is 1.51 bits per heavy atom. The fourth-order valence-electron chi connectivity index (χ4n) is 4.67. The lowest BCUT2D eigenvalue weighted by Gasteiger charge is -2.11. The lowest BCUT2D eigenvalue weighted by Crippen LogP contribution is -2.26. The molecular formula is C31H31N3O. The molecule has 5 aromatic rings. The molecule has 4 nitrogen and oxygen atoms in total. The van der Waals surface area contributed by atoms with Gasteiger partial charge in [0.25, 0.3) is 0 Å². The lowest BCUT2D eigenvalue weighted by molar-refractivity contribution is -0.120. The van der Waals surface area contributed by atoms with Gasteiger partial charge in [-0.25, -0.2) is 4.98 Å².